The Morgan fingerprint density at radius 3 is 1.68 bits per heavy atom. The molecular weight excluding hydrogens is 494 g/mol. The number of alkyl halides is 6. The molecule has 0 bridgehead atoms. The van der Waals surface area contributed by atoms with Crippen molar-refractivity contribution in [2.24, 2.45) is 0 Å². The van der Waals surface area contributed by atoms with Gasteiger partial charge in [-0.3, -0.25) is 4.79 Å². The van der Waals surface area contributed by atoms with Gasteiger partial charge in [-0.2, -0.15) is 26.3 Å². The van der Waals surface area contributed by atoms with E-state index in [0.29, 0.717) is 40.7 Å². The van der Waals surface area contributed by atoms with Gasteiger partial charge in [-0.1, -0.05) is 42.5 Å². The van der Waals surface area contributed by atoms with E-state index in [1.54, 1.807) is 18.2 Å². The summed E-state index contributed by atoms with van der Waals surface area (Å²) in [5.41, 5.74) is 2.90. The Kier molecular flexibility index (Phi) is 8.64. The lowest BCUT2D eigenvalue weighted by Gasteiger charge is -2.18. The van der Waals surface area contributed by atoms with E-state index >= 15 is 0 Å². The van der Waals surface area contributed by atoms with Crippen molar-refractivity contribution in [1.82, 2.24) is 0 Å². The van der Waals surface area contributed by atoms with E-state index in [2.05, 4.69) is 0 Å². The predicted molar refractivity (Wildman–Crippen MR) is 130 cm³/mol. The first-order valence-electron chi connectivity index (χ1n) is 11.6. The van der Waals surface area contributed by atoms with Crippen LogP contribution >= 0.6 is 0 Å². The third kappa shape index (κ3) is 7.32. The molecular formula is C29H26F6O2. The van der Waals surface area contributed by atoms with Gasteiger partial charge in [0, 0.05) is 12.0 Å². The maximum atomic E-state index is 13.0. The van der Waals surface area contributed by atoms with Crippen LogP contribution in [-0.2, 0) is 36.6 Å². The van der Waals surface area contributed by atoms with Crippen molar-refractivity contribution < 1.29 is 36.2 Å². The molecule has 196 valence electrons. The third-order valence-corrected chi connectivity index (χ3v) is 6.19. The number of rotatable bonds is 8. The van der Waals surface area contributed by atoms with E-state index < -0.39 is 23.5 Å². The zero-order chi connectivity index (χ0) is 27.4. The number of carbonyl (C=O) groups excluding carboxylic acids is 1. The fourth-order valence-electron chi connectivity index (χ4n) is 4.20. The van der Waals surface area contributed by atoms with Gasteiger partial charge in [0.25, 0.3) is 0 Å². The smallest absolute Gasteiger partial charge is 0.392 e. The minimum Gasteiger partial charge on any atom is -0.392 e. The van der Waals surface area contributed by atoms with Crippen molar-refractivity contribution in [3.8, 4) is 0 Å². The Morgan fingerprint density at radius 2 is 1.24 bits per heavy atom. The summed E-state index contributed by atoms with van der Waals surface area (Å²) in [6.07, 6.45) is -8.16. The maximum Gasteiger partial charge on any atom is 0.416 e. The highest BCUT2D eigenvalue weighted by Crippen LogP contribution is 2.33. The van der Waals surface area contributed by atoms with Crippen LogP contribution < -0.4 is 0 Å². The van der Waals surface area contributed by atoms with E-state index in [9.17, 15) is 36.2 Å². The van der Waals surface area contributed by atoms with Crippen LogP contribution in [0.1, 0.15) is 52.3 Å². The second-order valence-electron chi connectivity index (χ2n) is 8.89. The second-order valence-corrected chi connectivity index (χ2v) is 8.89. The molecule has 0 heterocycles. The fourth-order valence-corrected chi connectivity index (χ4v) is 4.20. The molecule has 3 aromatic rings. The van der Waals surface area contributed by atoms with Gasteiger partial charge in [-0.25, -0.2) is 0 Å². The number of ketones is 1. The SMILES string of the molecule is CC(=O)/C(Cc1ccc(C(F)(F)F)cc1)=C(/CCc1ccc(C(F)(F)F)cc1)c1ccc(CO)cc1C. The zero-order valence-electron chi connectivity index (χ0n) is 20.3. The monoisotopic (exact) mass is 520 g/mol. The summed E-state index contributed by atoms with van der Waals surface area (Å²) in [5.74, 6) is -0.257. The molecule has 3 rings (SSSR count). The van der Waals surface area contributed by atoms with Gasteiger partial charge >= 0.3 is 12.4 Å². The van der Waals surface area contributed by atoms with E-state index in [-0.39, 0.29) is 18.8 Å². The molecule has 0 atom stereocenters. The maximum absolute atomic E-state index is 13.0. The lowest BCUT2D eigenvalue weighted by Crippen LogP contribution is -2.09. The van der Waals surface area contributed by atoms with Gasteiger partial charge in [0.05, 0.1) is 17.7 Å². The minimum absolute atomic E-state index is 0.0943. The lowest BCUT2D eigenvalue weighted by atomic mass is 9.86. The number of benzene rings is 3. The molecule has 0 spiro atoms. The highest BCUT2D eigenvalue weighted by molar-refractivity contribution is 6.01. The summed E-state index contributed by atoms with van der Waals surface area (Å²) in [7, 11) is 0. The van der Waals surface area contributed by atoms with E-state index in [1.807, 2.05) is 6.92 Å². The molecule has 0 aliphatic heterocycles. The number of carbonyl (C=O) groups is 1. The molecule has 0 aliphatic carbocycles. The molecule has 1 N–H and O–H groups in total. The van der Waals surface area contributed by atoms with Crippen molar-refractivity contribution >= 4 is 11.4 Å². The van der Waals surface area contributed by atoms with E-state index in [0.717, 1.165) is 35.4 Å². The molecule has 0 saturated carbocycles. The van der Waals surface area contributed by atoms with Gasteiger partial charge in [-0.05, 0) is 84.3 Å². The Bertz CT molecular complexity index is 1270. The van der Waals surface area contributed by atoms with Crippen molar-refractivity contribution in [2.45, 2.75) is 52.1 Å². The first kappa shape index (κ1) is 28.2. The van der Waals surface area contributed by atoms with Crippen molar-refractivity contribution in [1.29, 1.82) is 0 Å². The molecule has 2 nitrogen and oxygen atoms in total. The molecule has 0 unspecified atom stereocenters. The zero-order valence-corrected chi connectivity index (χ0v) is 20.3. The van der Waals surface area contributed by atoms with Gasteiger partial charge in [0.15, 0.2) is 5.78 Å². The summed E-state index contributed by atoms with van der Waals surface area (Å²) in [6, 6.07) is 14.7. The van der Waals surface area contributed by atoms with Crippen LogP contribution in [0.4, 0.5) is 26.3 Å². The van der Waals surface area contributed by atoms with Crippen LogP contribution in [0.3, 0.4) is 0 Å². The van der Waals surface area contributed by atoms with E-state index in [4.69, 9.17) is 0 Å². The van der Waals surface area contributed by atoms with Crippen LogP contribution in [-0.4, -0.2) is 10.9 Å². The number of aliphatic hydroxyl groups is 1. The topological polar surface area (TPSA) is 37.3 Å². The van der Waals surface area contributed by atoms with Gasteiger partial charge in [0.2, 0.25) is 0 Å². The van der Waals surface area contributed by atoms with Gasteiger partial charge in [-0.15, -0.1) is 0 Å². The lowest BCUT2D eigenvalue weighted by molar-refractivity contribution is -0.138. The molecule has 37 heavy (non-hydrogen) atoms. The van der Waals surface area contributed by atoms with Gasteiger partial charge < -0.3 is 5.11 Å². The number of aryl methyl sites for hydroxylation is 2. The van der Waals surface area contributed by atoms with E-state index in [1.165, 1.54) is 31.2 Å². The van der Waals surface area contributed by atoms with Crippen LogP contribution in [0, 0.1) is 6.92 Å². The molecule has 0 fully saturated rings. The minimum atomic E-state index is -4.48. The standard InChI is InChI=1S/C29H26F6O2/c1-18-15-22(17-36)8-13-25(18)26(14-7-20-3-9-23(10-4-20)28(30,31)32)27(19(2)37)16-21-5-11-24(12-6-21)29(33,34)35/h3-6,8-13,15,36H,7,14,16-17H2,1-2H3/b27-26-. The van der Waals surface area contributed by atoms with Crippen molar-refractivity contribution in [3.05, 3.63) is 111 Å². The summed E-state index contributed by atoms with van der Waals surface area (Å²) >= 11 is 0. The summed E-state index contributed by atoms with van der Waals surface area (Å²) in [4.78, 5) is 12.8. The molecule has 0 saturated heterocycles. The van der Waals surface area contributed by atoms with Crippen LogP contribution in [0.15, 0.2) is 72.3 Å². The Morgan fingerprint density at radius 1 is 0.757 bits per heavy atom. The van der Waals surface area contributed by atoms with Crippen molar-refractivity contribution in [2.75, 3.05) is 0 Å². The Labute approximate surface area is 211 Å². The number of halogens is 6. The molecule has 8 heteroatoms. The summed E-state index contributed by atoms with van der Waals surface area (Å²) < 4.78 is 77.7. The molecule has 0 aromatic heterocycles. The first-order chi connectivity index (χ1) is 17.3. The Hall–Kier alpha value is -3.39. The summed E-state index contributed by atoms with van der Waals surface area (Å²) in [5, 5.41) is 9.47. The largest absolute Gasteiger partial charge is 0.416 e. The van der Waals surface area contributed by atoms with Crippen LogP contribution in [0.5, 0.6) is 0 Å². The number of allylic oxidation sites excluding steroid dienone is 2. The van der Waals surface area contributed by atoms with Crippen molar-refractivity contribution in [3.63, 3.8) is 0 Å². The fraction of sp³-hybridized carbons (Fsp3) is 0.276. The highest BCUT2D eigenvalue weighted by Gasteiger charge is 2.31. The average Bonchev–Trinajstić information content (AvgIpc) is 2.83. The third-order valence-electron chi connectivity index (χ3n) is 6.19. The van der Waals surface area contributed by atoms with Crippen LogP contribution in [0.2, 0.25) is 0 Å². The Balaban J connectivity index is 2.02. The molecule has 0 amide bonds. The number of hydrogen-bond donors (Lipinski definition) is 1. The average molecular weight is 521 g/mol. The highest BCUT2D eigenvalue weighted by atomic mass is 19.4. The molecule has 0 radical (unpaired) electrons. The number of aliphatic hydroxyl groups excluding tert-OH is 1. The van der Waals surface area contributed by atoms with Gasteiger partial charge in [0.1, 0.15) is 0 Å². The second kappa shape index (κ2) is 11.3. The van der Waals surface area contributed by atoms with Crippen LogP contribution in [0.25, 0.3) is 5.57 Å². The number of hydrogen-bond acceptors (Lipinski definition) is 2. The number of Topliss-reactive ketones (excluding diaryl/α,β-unsaturated/α-hetero) is 1. The molecule has 3 aromatic carbocycles. The predicted octanol–water partition coefficient (Wildman–Crippen LogP) is 7.74. The summed E-state index contributed by atoms with van der Waals surface area (Å²) in [6.45, 7) is 3.04. The first-order valence-corrected chi connectivity index (χ1v) is 11.6. The quantitative estimate of drug-likeness (QED) is 0.244. The molecule has 0 aliphatic rings. The normalized spacial score (nSPS) is 12.9.